The number of aryl methyl sites for hydroxylation is 1. The van der Waals surface area contributed by atoms with Crippen molar-refractivity contribution < 1.29 is 14.3 Å². The number of nitrogens with zero attached hydrogens (tertiary/aromatic N) is 1. The van der Waals surface area contributed by atoms with Crippen molar-refractivity contribution in [2.24, 2.45) is 0 Å². The minimum Gasteiger partial charge on any atom is -0.445 e. The summed E-state index contributed by atoms with van der Waals surface area (Å²) in [6, 6.07) is 17.5. The van der Waals surface area contributed by atoms with E-state index in [1.54, 1.807) is 6.92 Å². The monoisotopic (exact) mass is 451 g/mol. The summed E-state index contributed by atoms with van der Waals surface area (Å²) in [5, 5.41) is 5.75. The first-order chi connectivity index (χ1) is 15.8. The van der Waals surface area contributed by atoms with Crippen LogP contribution in [0.15, 0.2) is 54.6 Å². The van der Waals surface area contributed by atoms with E-state index in [0.29, 0.717) is 0 Å². The lowest BCUT2D eigenvalue weighted by Gasteiger charge is -2.46. The molecule has 6 nitrogen and oxygen atoms in total. The standard InChI is InChI=1S/C27H37N3O3/c1-20-10-8-9-13-23(20)18-27(30(3)4)16-14-24(15-17-27)29-25(31)21(2)28-26(32)33-19-22-11-6-5-7-12-22/h5-13,21,24H,14-19H2,1-4H3,(H,28,32)(H,29,31). The van der Waals surface area contributed by atoms with E-state index >= 15 is 0 Å². The third-order valence-electron chi connectivity index (χ3n) is 6.93. The number of alkyl carbamates (subject to hydrolysis) is 1. The van der Waals surface area contributed by atoms with E-state index in [2.05, 4.69) is 60.8 Å². The summed E-state index contributed by atoms with van der Waals surface area (Å²) in [5.41, 5.74) is 3.72. The molecule has 0 spiro atoms. The summed E-state index contributed by atoms with van der Waals surface area (Å²) in [4.78, 5) is 27.1. The van der Waals surface area contributed by atoms with E-state index in [-0.39, 0.29) is 24.1 Å². The number of nitrogens with one attached hydrogen (secondary N) is 2. The number of rotatable bonds is 8. The molecule has 2 aromatic rings. The molecule has 0 aliphatic heterocycles. The van der Waals surface area contributed by atoms with Crippen molar-refractivity contribution in [3.05, 3.63) is 71.3 Å². The van der Waals surface area contributed by atoms with E-state index in [9.17, 15) is 9.59 Å². The maximum absolute atomic E-state index is 12.7. The second kappa shape index (κ2) is 11.3. The number of carbonyl (C=O) groups is 2. The first-order valence-electron chi connectivity index (χ1n) is 11.8. The van der Waals surface area contributed by atoms with Crippen molar-refractivity contribution in [2.45, 2.75) is 70.2 Å². The molecule has 1 atom stereocenters. The van der Waals surface area contributed by atoms with E-state index in [1.807, 2.05) is 30.3 Å². The number of carbonyl (C=O) groups excluding carboxylic acids is 2. The van der Waals surface area contributed by atoms with Crippen LogP contribution in [0.1, 0.15) is 49.3 Å². The fourth-order valence-corrected chi connectivity index (χ4v) is 4.58. The van der Waals surface area contributed by atoms with Gasteiger partial charge in [-0.25, -0.2) is 4.79 Å². The Morgan fingerprint density at radius 2 is 1.70 bits per heavy atom. The molecule has 0 aromatic heterocycles. The number of benzene rings is 2. The lowest BCUT2D eigenvalue weighted by Crippen LogP contribution is -2.54. The molecule has 2 N–H and O–H groups in total. The van der Waals surface area contributed by atoms with E-state index in [0.717, 1.165) is 37.7 Å². The highest BCUT2D eigenvalue weighted by atomic mass is 16.5. The summed E-state index contributed by atoms with van der Waals surface area (Å²) in [5.74, 6) is -0.173. The Balaban J connectivity index is 1.47. The highest BCUT2D eigenvalue weighted by molar-refractivity contribution is 5.85. The summed E-state index contributed by atoms with van der Waals surface area (Å²) >= 11 is 0. The van der Waals surface area contributed by atoms with E-state index in [4.69, 9.17) is 4.74 Å². The van der Waals surface area contributed by atoms with Crippen LogP contribution in [-0.4, -0.2) is 48.6 Å². The second-order valence-corrected chi connectivity index (χ2v) is 9.43. The zero-order valence-corrected chi connectivity index (χ0v) is 20.3. The van der Waals surface area contributed by atoms with Gasteiger partial charge in [-0.05, 0) is 76.7 Å². The number of hydrogen-bond acceptors (Lipinski definition) is 4. The molecule has 1 aliphatic carbocycles. The van der Waals surface area contributed by atoms with Crippen LogP contribution in [0.3, 0.4) is 0 Å². The van der Waals surface area contributed by atoms with Crippen LogP contribution in [0.2, 0.25) is 0 Å². The SMILES string of the molecule is Cc1ccccc1CC1(N(C)C)CCC(NC(=O)C(C)NC(=O)OCc2ccccc2)CC1. The molecule has 2 amide bonds. The maximum Gasteiger partial charge on any atom is 0.408 e. The highest BCUT2D eigenvalue weighted by Gasteiger charge is 2.38. The van der Waals surface area contributed by atoms with Crippen LogP contribution in [-0.2, 0) is 22.6 Å². The fourth-order valence-electron chi connectivity index (χ4n) is 4.58. The lowest BCUT2D eigenvalue weighted by atomic mass is 9.74. The van der Waals surface area contributed by atoms with Gasteiger partial charge in [-0.3, -0.25) is 4.79 Å². The Bertz CT molecular complexity index is 921. The first kappa shape index (κ1) is 24.8. The van der Waals surface area contributed by atoms with Gasteiger partial charge >= 0.3 is 6.09 Å². The zero-order valence-electron chi connectivity index (χ0n) is 20.3. The number of amides is 2. The van der Waals surface area contributed by atoms with Gasteiger partial charge in [0.25, 0.3) is 0 Å². The van der Waals surface area contributed by atoms with E-state index < -0.39 is 12.1 Å². The van der Waals surface area contributed by atoms with Crippen LogP contribution in [0.5, 0.6) is 0 Å². The average molecular weight is 452 g/mol. The van der Waals surface area contributed by atoms with Gasteiger partial charge in [-0.15, -0.1) is 0 Å². The Morgan fingerprint density at radius 1 is 1.06 bits per heavy atom. The Hall–Kier alpha value is -2.86. The lowest BCUT2D eigenvalue weighted by molar-refractivity contribution is -0.123. The first-order valence-corrected chi connectivity index (χ1v) is 11.8. The summed E-state index contributed by atoms with van der Waals surface area (Å²) in [6.07, 6.45) is 4.29. The summed E-state index contributed by atoms with van der Waals surface area (Å²) in [7, 11) is 4.31. The molecule has 3 rings (SSSR count). The molecule has 1 saturated carbocycles. The van der Waals surface area contributed by atoms with Gasteiger partial charge in [-0.1, -0.05) is 54.6 Å². The predicted molar refractivity (Wildman–Crippen MR) is 131 cm³/mol. The fraction of sp³-hybridized carbons (Fsp3) is 0.481. The zero-order chi connectivity index (χ0) is 23.8. The molecule has 33 heavy (non-hydrogen) atoms. The second-order valence-electron chi connectivity index (χ2n) is 9.43. The minimum absolute atomic E-state index is 0.0957. The molecule has 0 radical (unpaired) electrons. The van der Waals surface area contributed by atoms with Gasteiger partial charge in [0, 0.05) is 11.6 Å². The van der Waals surface area contributed by atoms with Gasteiger partial charge in [-0.2, -0.15) is 0 Å². The molecular formula is C27H37N3O3. The highest BCUT2D eigenvalue weighted by Crippen LogP contribution is 2.36. The van der Waals surface area contributed by atoms with Crippen LogP contribution >= 0.6 is 0 Å². The Kier molecular flexibility index (Phi) is 8.50. The van der Waals surface area contributed by atoms with Gasteiger partial charge in [0.1, 0.15) is 12.6 Å². The van der Waals surface area contributed by atoms with Crippen LogP contribution in [0.4, 0.5) is 4.79 Å². The summed E-state index contributed by atoms with van der Waals surface area (Å²) < 4.78 is 5.22. The maximum atomic E-state index is 12.7. The molecular weight excluding hydrogens is 414 g/mol. The molecule has 1 aliphatic rings. The van der Waals surface area contributed by atoms with Crippen molar-refractivity contribution in [1.82, 2.24) is 15.5 Å². The van der Waals surface area contributed by atoms with Gasteiger partial charge < -0.3 is 20.3 Å². The molecule has 178 valence electrons. The Morgan fingerprint density at radius 3 is 2.33 bits per heavy atom. The van der Waals surface area contributed by atoms with Crippen molar-refractivity contribution in [1.29, 1.82) is 0 Å². The third kappa shape index (κ3) is 6.81. The Labute approximate surface area is 197 Å². The van der Waals surface area contributed by atoms with Crippen molar-refractivity contribution >= 4 is 12.0 Å². The van der Waals surface area contributed by atoms with Gasteiger partial charge in [0.2, 0.25) is 5.91 Å². The average Bonchev–Trinajstić information content (AvgIpc) is 2.81. The summed E-state index contributed by atoms with van der Waals surface area (Å²) in [6.45, 7) is 4.03. The number of hydrogen-bond donors (Lipinski definition) is 2. The minimum atomic E-state index is -0.652. The van der Waals surface area contributed by atoms with Crippen molar-refractivity contribution in [3.8, 4) is 0 Å². The van der Waals surface area contributed by atoms with Crippen molar-refractivity contribution in [3.63, 3.8) is 0 Å². The number of ether oxygens (including phenoxy) is 1. The molecule has 0 saturated heterocycles. The van der Waals surface area contributed by atoms with Gasteiger partial charge in [0.15, 0.2) is 0 Å². The normalized spacial score (nSPS) is 21.3. The molecule has 0 heterocycles. The third-order valence-corrected chi connectivity index (χ3v) is 6.93. The van der Waals surface area contributed by atoms with Crippen molar-refractivity contribution in [2.75, 3.05) is 14.1 Å². The van der Waals surface area contributed by atoms with Gasteiger partial charge in [0.05, 0.1) is 0 Å². The van der Waals surface area contributed by atoms with E-state index in [1.165, 1.54) is 11.1 Å². The van der Waals surface area contributed by atoms with Crippen LogP contribution in [0.25, 0.3) is 0 Å². The van der Waals surface area contributed by atoms with Crippen LogP contribution < -0.4 is 10.6 Å². The topological polar surface area (TPSA) is 70.7 Å². The van der Waals surface area contributed by atoms with Crippen LogP contribution in [0, 0.1) is 6.92 Å². The smallest absolute Gasteiger partial charge is 0.408 e. The molecule has 0 bridgehead atoms. The quantitative estimate of drug-likeness (QED) is 0.631. The molecule has 2 aromatic carbocycles. The predicted octanol–water partition coefficient (Wildman–Crippen LogP) is 4.21. The largest absolute Gasteiger partial charge is 0.445 e. The number of likely N-dealkylation sites (N-methyl/N-ethyl adjacent to an activating group) is 1. The molecule has 1 fully saturated rings. The molecule has 6 heteroatoms. The molecule has 1 unspecified atom stereocenters.